The Kier molecular flexibility index (Phi) is 3.80. The fraction of sp³-hybridized carbons (Fsp3) is 0.118. The molecule has 116 valence electrons. The average Bonchev–Trinajstić information content (AvgIpc) is 2.94. The van der Waals surface area contributed by atoms with Crippen LogP contribution in [0.5, 0.6) is 0 Å². The maximum absolute atomic E-state index is 12.3. The minimum Gasteiger partial charge on any atom is -0.319 e. The van der Waals surface area contributed by atoms with Crippen molar-refractivity contribution in [3.8, 4) is 5.69 Å². The number of anilines is 1. The highest BCUT2D eigenvalue weighted by molar-refractivity contribution is 6.01. The summed E-state index contributed by atoms with van der Waals surface area (Å²) in [6.07, 6.45) is 0. The molecule has 6 nitrogen and oxygen atoms in total. The number of benzene rings is 2. The molecule has 0 bridgehead atoms. The summed E-state index contributed by atoms with van der Waals surface area (Å²) in [5.74, 6) is -0.489. The fourth-order valence-electron chi connectivity index (χ4n) is 2.18. The van der Waals surface area contributed by atoms with Gasteiger partial charge in [-0.15, -0.1) is 5.10 Å². The first-order valence-electron chi connectivity index (χ1n) is 7.18. The van der Waals surface area contributed by atoms with Gasteiger partial charge in [0.15, 0.2) is 0 Å². The second-order valence-electron chi connectivity index (χ2n) is 5.28. The maximum Gasteiger partial charge on any atom is 0.348 e. The van der Waals surface area contributed by atoms with Gasteiger partial charge in [0.1, 0.15) is 0 Å². The molecule has 0 saturated heterocycles. The first kappa shape index (κ1) is 14.8. The van der Waals surface area contributed by atoms with Gasteiger partial charge < -0.3 is 5.32 Å². The number of H-pyrrole nitrogens is 1. The van der Waals surface area contributed by atoms with Crippen molar-refractivity contribution < 1.29 is 4.79 Å². The van der Waals surface area contributed by atoms with E-state index in [1.807, 2.05) is 38.1 Å². The molecular formula is C17H16N4O2. The summed E-state index contributed by atoms with van der Waals surface area (Å²) < 4.78 is 1.16. The van der Waals surface area contributed by atoms with Crippen LogP contribution in [0, 0.1) is 13.8 Å². The van der Waals surface area contributed by atoms with Crippen LogP contribution in [0.25, 0.3) is 5.69 Å². The van der Waals surface area contributed by atoms with Crippen LogP contribution in [0.1, 0.15) is 21.7 Å². The van der Waals surface area contributed by atoms with Crippen LogP contribution in [-0.2, 0) is 0 Å². The van der Waals surface area contributed by atoms with Gasteiger partial charge in [0.05, 0.1) is 5.69 Å². The number of aromatic amines is 1. The van der Waals surface area contributed by atoms with E-state index in [0.29, 0.717) is 11.4 Å². The Hall–Kier alpha value is -3.15. The molecule has 1 heterocycles. The van der Waals surface area contributed by atoms with Crippen LogP contribution in [0.15, 0.2) is 53.3 Å². The standard InChI is InChI=1S/C17H16N4O2/c1-11-8-9-13(10-12(11)2)18-16(22)15-19-17(23)21(20-15)14-6-4-3-5-7-14/h3-10H,1-2H3,(H,18,22)(H,19,20,23). The number of aromatic nitrogens is 3. The highest BCUT2D eigenvalue weighted by atomic mass is 16.2. The lowest BCUT2D eigenvalue weighted by Gasteiger charge is -2.05. The molecule has 2 aromatic carbocycles. The van der Waals surface area contributed by atoms with Crippen molar-refractivity contribution in [2.24, 2.45) is 0 Å². The zero-order chi connectivity index (χ0) is 16.4. The minimum atomic E-state index is -0.458. The van der Waals surface area contributed by atoms with Gasteiger partial charge in [0.2, 0.25) is 5.82 Å². The summed E-state index contributed by atoms with van der Waals surface area (Å²) in [5.41, 5.74) is 3.02. The molecule has 3 rings (SSSR count). The van der Waals surface area contributed by atoms with Crippen molar-refractivity contribution in [1.82, 2.24) is 14.8 Å². The zero-order valence-corrected chi connectivity index (χ0v) is 12.8. The third kappa shape index (κ3) is 3.06. The van der Waals surface area contributed by atoms with E-state index in [-0.39, 0.29) is 5.82 Å². The van der Waals surface area contributed by atoms with Gasteiger partial charge in [-0.25, -0.2) is 4.79 Å². The molecule has 23 heavy (non-hydrogen) atoms. The number of amides is 1. The van der Waals surface area contributed by atoms with E-state index in [0.717, 1.165) is 15.8 Å². The molecule has 0 unspecified atom stereocenters. The predicted octanol–water partition coefficient (Wildman–Crippen LogP) is 2.43. The van der Waals surface area contributed by atoms with Crippen LogP contribution in [0.4, 0.5) is 5.69 Å². The summed E-state index contributed by atoms with van der Waals surface area (Å²) in [6, 6.07) is 14.5. The van der Waals surface area contributed by atoms with E-state index in [9.17, 15) is 9.59 Å². The summed E-state index contributed by atoms with van der Waals surface area (Å²) in [5, 5.41) is 6.79. The van der Waals surface area contributed by atoms with Crippen LogP contribution >= 0.6 is 0 Å². The quantitative estimate of drug-likeness (QED) is 0.780. The van der Waals surface area contributed by atoms with Crippen molar-refractivity contribution >= 4 is 11.6 Å². The largest absolute Gasteiger partial charge is 0.348 e. The average molecular weight is 308 g/mol. The van der Waals surface area contributed by atoms with Gasteiger partial charge in [0.25, 0.3) is 5.91 Å². The number of carbonyl (C=O) groups excluding carboxylic acids is 1. The van der Waals surface area contributed by atoms with Gasteiger partial charge in [-0.2, -0.15) is 4.68 Å². The van der Waals surface area contributed by atoms with E-state index >= 15 is 0 Å². The number of aryl methyl sites for hydroxylation is 2. The first-order chi connectivity index (χ1) is 11.0. The normalized spacial score (nSPS) is 10.5. The van der Waals surface area contributed by atoms with Crippen LogP contribution in [0.3, 0.4) is 0 Å². The number of nitrogens with one attached hydrogen (secondary N) is 2. The SMILES string of the molecule is Cc1ccc(NC(=O)c2nn(-c3ccccc3)c(=O)[nH]2)cc1C. The minimum absolute atomic E-state index is 0.0305. The summed E-state index contributed by atoms with van der Waals surface area (Å²) in [7, 11) is 0. The molecule has 0 atom stereocenters. The van der Waals surface area contributed by atoms with Gasteiger partial charge in [-0.05, 0) is 49.2 Å². The number of rotatable bonds is 3. The predicted molar refractivity (Wildman–Crippen MR) is 88.1 cm³/mol. The Balaban J connectivity index is 1.86. The number of para-hydroxylation sites is 1. The lowest BCUT2D eigenvalue weighted by molar-refractivity contribution is 0.101. The number of hydrogen-bond donors (Lipinski definition) is 2. The van der Waals surface area contributed by atoms with Crippen molar-refractivity contribution in [1.29, 1.82) is 0 Å². The molecule has 1 amide bonds. The molecule has 0 radical (unpaired) electrons. The van der Waals surface area contributed by atoms with E-state index in [4.69, 9.17) is 0 Å². The van der Waals surface area contributed by atoms with E-state index < -0.39 is 11.6 Å². The molecule has 6 heteroatoms. The first-order valence-corrected chi connectivity index (χ1v) is 7.18. The van der Waals surface area contributed by atoms with Crippen LogP contribution < -0.4 is 11.0 Å². The Morgan fingerprint density at radius 2 is 1.83 bits per heavy atom. The second kappa shape index (κ2) is 5.92. The van der Waals surface area contributed by atoms with Crippen molar-refractivity contribution in [2.75, 3.05) is 5.32 Å². The Labute approximate surface area is 132 Å². The van der Waals surface area contributed by atoms with Crippen LogP contribution in [-0.4, -0.2) is 20.7 Å². The Morgan fingerprint density at radius 3 is 2.52 bits per heavy atom. The van der Waals surface area contributed by atoms with Crippen molar-refractivity contribution in [3.05, 3.63) is 76.0 Å². The van der Waals surface area contributed by atoms with Gasteiger partial charge >= 0.3 is 5.69 Å². The molecule has 3 aromatic rings. The van der Waals surface area contributed by atoms with Gasteiger partial charge in [-0.1, -0.05) is 24.3 Å². The van der Waals surface area contributed by atoms with E-state index in [2.05, 4.69) is 15.4 Å². The number of hydrogen-bond acceptors (Lipinski definition) is 3. The molecule has 1 aromatic heterocycles. The molecule has 0 aliphatic rings. The monoisotopic (exact) mass is 308 g/mol. The Bertz CT molecular complexity index is 910. The van der Waals surface area contributed by atoms with Gasteiger partial charge in [0, 0.05) is 5.69 Å². The highest BCUT2D eigenvalue weighted by Gasteiger charge is 2.14. The zero-order valence-electron chi connectivity index (χ0n) is 12.8. The van der Waals surface area contributed by atoms with Gasteiger partial charge in [-0.3, -0.25) is 9.78 Å². The van der Waals surface area contributed by atoms with Crippen molar-refractivity contribution in [3.63, 3.8) is 0 Å². The lowest BCUT2D eigenvalue weighted by atomic mass is 10.1. The number of carbonyl (C=O) groups is 1. The molecule has 0 aliphatic heterocycles. The smallest absolute Gasteiger partial charge is 0.319 e. The molecular weight excluding hydrogens is 292 g/mol. The maximum atomic E-state index is 12.3. The lowest BCUT2D eigenvalue weighted by Crippen LogP contribution is -2.15. The molecule has 0 aliphatic carbocycles. The topological polar surface area (TPSA) is 79.8 Å². The fourth-order valence-corrected chi connectivity index (χ4v) is 2.18. The third-order valence-electron chi connectivity index (χ3n) is 3.60. The van der Waals surface area contributed by atoms with E-state index in [1.54, 1.807) is 24.3 Å². The van der Waals surface area contributed by atoms with E-state index in [1.165, 1.54) is 0 Å². The summed E-state index contributed by atoms with van der Waals surface area (Å²) in [4.78, 5) is 26.7. The van der Waals surface area contributed by atoms with Crippen LogP contribution in [0.2, 0.25) is 0 Å². The summed E-state index contributed by atoms with van der Waals surface area (Å²) >= 11 is 0. The molecule has 2 N–H and O–H groups in total. The Morgan fingerprint density at radius 1 is 1.09 bits per heavy atom. The highest BCUT2D eigenvalue weighted by Crippen LogP contribution is 2.14. The van der Waals surface area contributed by atoms with Crippen molar-refractivity contribution in [2.45, 2.75) is 13.8 Å². The third-order valence-corrected chi connectivity index (χ3v) is 3.60. The summed E-state index contributed by atoms with van der Waals surface area (Å²) in [6.45, 7) is 3.97. The molecule has 0 saturated carbocycles. The second-order valence-corrected chi connectivity index (χ2v) is 5.28. The number of nitrogens with zero attached hydrogens (tertiary/aromatic N) is 2. The molecule has 0 spiro atoms. The molecule has 0 fully saturated rings.